The molecule has 2 aliphatic heterocycles. The van der Waals surface area contributed by atoms with E-state index in [1.165, 1.54) is 0 Å². The molecule has 1 aromatic carbocycles. The van der Waals surface area contributed by atoms with Crippen LogP contribution in [0.25, 0.3) is 0 Å². The molecule has 0 saturated carbocycles. The summed E-state index contributed by atoms with van der Waals surface area (Å²) in [5.74, 6) is 0.371. The van der Waals surface area contributed by atoms with E-state index in [2.05, 4.69) is 5.32 Å². The summed E-state index contributed by atoms with van der Waals surface area (Å²) in [5, 5.41) is 3.38. The van der Waals surface area contributed by atoms with Crippen molar-refractivity contribution in [2.45, 2.75) is 51.6 Å². The van der Waals surface area contributed by atoms with E-state index >= 15 is 0 Å². The summed E-state index contributed by atoms with van der Waals surface area (Å²) in [6.45, 7) is 3.87. The number of halogens is 1. The fourth-order valence-electron chi connectivity index (χ4n) is 4.29. The quantitative estimate of drug-likeness (QED) is 0.662. The van der Waals surface area contributed by atoms with Crippen LogP contribution in [0.5, 0.6) is 5.75 Å². The Morgan fingerprint density at radius 2 is 2.07 bits per heavy atom. The SMILES string of the molecule is CCOC(=O)C1(C[C@H]2CCCCO2)CCN(C(=O)Nc2cc(Cl)ccc2OC)CC1. The molecule has 2 fully saturated rings. The molecule has 0 aliphatic carbocycles. The first-order valence-electron chi connectivity index (χ1n) is 10.7. The minimum Gasteiger partial charge on any atom is -0.495 e. The first-order valence-corrected chi connectivity index (χ1v) is 11.0. The first-order chi connectivity index (χ1) is 14.5. The van der Waals surface area contributed by atoms with E-state index < -0.39 is 5.41 Å². The number of nitrogens with zero attached hydrogens (tertiary/aromatic N) is 1. The van der Waals surface area contributed by atoms with Crippen LogP contribution in [0.3, 0.4) is 0 Å². The van der Waals surface area contributed by atoms with Gasteiger partial charge < -0.3 is 24.4 Å². The maximum atomic E-state index is 12.9. The molecule has 2 heterocycles. The number of rotatable bonds is 6. The molecule has 7 nitrogen and oxygen atoms in total. The maximum Gasteiger partial charge on any atom is 0.321 e. The van der Waals surface area contributed by atoms with Crippen molar-refractivity contribution in [3.63, 3.8) is 0 Å². The molecule has 0 radical (unpaired) electrons. The Kier molecular flexibility index (Phi) is 7.83. The lowest BCUT2D eigenvalue weighted by molar-refractivity contribution is -0.162. The molecular formula is C22H31ClN2O5. The Labute approximate surface area is 183 Å². The highest BCUT2D eigenvalue weighted by molar-refractivity contribution is 6.31. The van der Waals surface area contributed by atoms with Gasteiger partial charge in [0.05, 0.1) is 30.9 Å². The van der Waals surface area contributed by atoms with Gasteiger partial charge in [-0.3, -0.25) is 4.79 Å². The molecule has 1 atom stereocenters. The molecule has 166 valence electrons. The molecular weight excluding hydrogens is 408 g/mol. The van der Waals surface area contributed by atoms with E-state index in [4.69, 9.17) is 25.8 Å². The van der Waals surface area contributed by atoms with Crippen molar-refractivity contribution >= 4 is 29.3 Å². The van der Waals surface area contributed by atoms with Crippen LogP contribution in [0.1, 0.15) is 45.4 Å². The lowest BCUT2D eigenvalue weighted by Gasteiger charge is -2.42. The summed E-state index contributed by atoms with van der Waals surface area (Å²) < 4.78 is 16.6. The molecule has 2 amide bonds. The van der Waals surface area contributed by atoms with Gasteiger partial charge >= 0.3 is 12.0 Å². The van der Waals surface area contributed by atoms with Crippen LogP contribution >= 0.6 is 11.6 Å². The second-order valence-electron chi connectivity index (χ2n) is 7.96. The van der Waals surface area contributed by atoms with Crippen molar-refractivity contribution in [2.24, 2.45) is 5.41 Å². The number of likely N-dealkylation sites (tertiary alicyclic amines) is 1. The predicted molar refractivity (Wildman–Crippen MR) is 115 cm³/mol. The van der Waals surface area contributed by atoms with Crippen LogP contribution in [0, 0.1) is 5.41 Å². The molecule has 30 heavy (non-hydrogen) atoms. The average Bonchev–Trinajstić information content (AvgIpc) is 2.75. The number of esters is 1. The Hall–Kier alpha value is -1.99. The summed E-state index contributed by atoms with van der Waals surface area (Å²) in [4.78, 5) is 27.4. The van der Waals surface area contributed by atoms with Crippen LogP contribution in [0.4, 0.5) is 10.5 Å². The summed E-state index contributed by atoms with van der Waals surface area (Å²) in [6.07, 6.45) is 5.03. The normalized spacial score (nSPS) is 21.0. The van der Waals surface area contributed by atoms with E-state index in [0.717, 1.165) is 25.9 Å². The number of nitrogens with one attached hydrogen (secondary N) is 1. The fraction of sp³-hybridized carbons (Fsp3) is 0.636. The molecule has 0 spiro atoms. The molecule has 2 saturated heterocycles. The van der Waals surface area contributed by atoms with Crippen LogP contribution in [-0.4, -0.2) is 56.4 Å². The molecule has 8 heteroatoms. The maximum absolute atomic E-state index is 12.9. The van der Waals surface area contributed by atoms with Gasteiger partial charge in [-0.05, 0) is 63.6 Å². The highest BCUT2D eigenvalue weighted by Crippen LogP contribution is 2.40. The van der Waals surface area contributed by atoms with E-state index in [-0.39, 0.29) is 18.1 Å². The topological polar surface area (TPSA) is 77.1 Å². The monoisotopic (exact) mass is 438 g/mol. The Morgan fingerprint density at radius 1 is 1.30 bits per heavy atom. The highest BCUT2D eigenvalue weighted by atomic mass is 35.5. The van der Waals surface area contributed by atoms with Crippen molar-refractivity contribution < 1.29 is 23.8 Å². The molecule has 0 aromatic heterocycles. The van der Waals surface area contributed by atoms with Crippen LogP contribution in [-0.2, 0) is 14.3 Å². The predicted octanol–water partition coefficient (Wildman–Crippen LogP) is 4.49. The van der Waals surface area contributed by atoms with Gasteiger partial charge in [0.2, 0.25) is 0 Å². The van der Waals surface area contributed by atoms with Gasteiger partial charge in [0.25, 0.3) is 0 Å². The number of urea groups is 1. The number of carbonyl (C=O) groups excluding carboxylic acids is 2. The fourth-order valence-corrected chi connectivity index (χ4v) is 4.46. The van der Waals surface area contributed by atoms with Crippen molar-refractivity contribution in [2.75, 3.05) is 38.7 Å². The van der Waals surface area contributed by atoms with E-state index in [0.29, 0.717) is 55.4 Å². The van der Waals surface area contributed by atoms with Crippen molar-refractivity contribution in [1.82, 2.24) is 4.90 Å². The molecule has 0 unspecified atom stereocenters. The van der Waals surface area contributed by atoms with Crippen LogP contribution < -0.4 is 10.1 Å². The zero-order valence-electron chi connectivity index (χ0n) is 17.7. The Bertz CT molecular complexity index is 743. The number of carbonyl (C=O) groups is 2. The van der Waals surface area contributed by atoms with Gasteiger partial charge in [0.15, 0.2) is 0 Å². The highest BCUT2D eigenvalue weighted by Gasteiger charge is 2.45. The number of anilines is 1. The van der Waals surface area contributed by atoms with Gasteiger partial charge in [0, 0.05) is 24.7 Å². The van der Waals surface area contributed by atoms with Crippen molar-refractivity contribution in [3.05, 3.63) is 23.2 Å². The van der Waals surface area contributed by atoms with E-state index in [9.17, 15) is 9.59 Å². The summed E-state index contributed by atoms with van der Waals surface area (Å²) >= 11 is 6.05. The molecule has 0 bridgehead atoms. The number of hydrogen-bond acceptors (Lipinski definition) is 5. The average molecular weight is 439 g/mol. The second-order valence-corrected chi connectivity index (χ2v) is 8.39. The number of hydrogen-bond donors (Lipinski definition) is 1. The number of ether oxygens (including phenoxy) is 3. The van der Waals surface area contributed by atoms with Gasteiger partial charge in [-0.2, -0.15) is 0 Å². The third-order valence-electron chi connectivity index (χ3n) is 6.01. The van der Waals surface area contributed by atoms with Gasteiger partial charge in [-0.1, -0.05) is 11.6 Å². The summed E-state index contributed by atoms with van der Waals surface area (Å²) in [6, 6.07) is 4.84. The molecule has 1 aromatic rings. The lowest BCUT2D eigenvalue weighted by atomic mass is 9.73. The van der Waals surface area contributed by atoms with Gasteiger partial charge in [-0.25, -0.2) is 4.79 Å². The lowest BCUT2D eigenvalue weighted by Crippen LogP contribution is -2.49. The van der Waals surface area contributed by atoms with Gasteiger partial charge in [0.1, 0.15) is 5.75 Å². The number of piperidine rings is 1. The van der Waals surface area contributed by atoms with Gasteiger partial charge in [-0.15, -0.1) is 0 Å². The summed E-state index contributed by atoms with van der Waals surface area (Å²) in [5.41, 5.74) is -0.0736. The van der Waals surface area contributed by atoms with E-state index in [1.54, 1.807) is 30.2 Å². The zero-order valence-corrected chi connectivity index (χ0v) is 18.5. The zero-order chi connectivity index (χ0) is 21.6. The second kappa shape index (κ2) is 10.4. The minimum atomic E-state index is -0.595. The van der Waals surface area contributed by atoms with E-state index in [1.807, 2.05) is 6.92 Å². The third-order valence-corrected chi connectivity index (χ3v) is 6.25. The number of benzene rings is 1. The third kappa shape index (κ3) is 5.38. The summed E-state index contributed by atoms with van der Waals surface area (Å²) in [7, 11) is 1.54. The Balaban J connectivity index is 1.65. The molecule has 3 rings (SSSR count). The Morgan fingerprint density at radius 3 is 2.70 bits per heavy atom. The first kappa shape index (κ1) is 22.7. The standard InChI is InChI=1S/C22H31ClN2O5/c1-3-29-20(26)22(15-17-6-4-5-13-30-17)9-11-25(12-10-22)21(27)24-18-14-16(23)7-8-19(18)28-2/h7-8,14,17H,3-6,9-13,15H2,1-2H3,(H,24,27)/t17-/m1/s1. The number of methoxy groups -OCH3 is 1. The molecule has 2 aliphatic rings. The largest absolute Gasteiger partial charge is 0.495 e. The minimum absolute atomic E-state index is 0.0826. The van der Waals surface area contributed by atoms with Crippen LogP contribution in [0.2, 0.25) is 5.02 Å². The number of amides is 2. The molecule has 1 N–H and O–H groups in total. The van der Waals surface area contributed by atoms with Crippen molar-refractivity contribution in [3.8, 4) is 5.75 Å². The van der Waals surface area contributed by atoms with Crippen molar-refractivity contribution in [1.29, 1.82) is 0 Å². The smallest absolute Gasteiger partial charge is 0.321 e. The van der Waals surface area contributed by atoms with Crippen LogP contribution in [0.15, 0.2) is 18.2 Å².